The molecular formula is C16H25NO4. The molecule has 0 heterocycles. The summed E-state index contributed by atoms with van der Waals surface area (Å²) in [6, 6.07) is 5.53. The van der Waals surface area contributed by atoms with Gasteiger partial charge in [0.2, 0.25) is 0 Å². The molecule has 0 aliphatic carbocycles. The van der Waals surface area contributed by atoms with Crippen molar-refractivity contribution >= 4 is 5.97 Å². The number of benzene rings is 1. The number of rotatable bonds is 8. The average Bonchev–Trinajstić information content (AvgIpc) is 2.48. The van der Waals surface area contributed by atoms with Gasteiger partial charge in [0.15, 0.2) is 6.10 Å². The first-order valence-electron chi connectivity index (χ1n) is 7.27. The van der Waals surface area contributed by atoms with E-state index in [1.165, 1.54) is 0 Å². The van der Waals surface area contributed by atoms with Gasteiger partial charge < -0.3 is 19.9 Å². The van der Waals surface area contributed by atoms with E-state index in [1.54, 1.807) is 33.1 Å². The second kappa shape index (κ2) is 8.52. The summed E-state index contributed by atoms with van der Waals surface area (Å²) in [4.78, 5) is 11.7. The predicted octanol–water partition coefficient (Wildman–Crippen LogP) is 2.31. The standard InChI is InChI=1S/C16H25NO4/c1-5-13(17)9-12-10-14(19-4)7-8-15(12)21-11(3)16(18)20-6-2/h7-8,10-11,13H,5-6,9,17H2,1-4H3. The number of carbonyl (C=O) groups is 1. The minimum Gasteiger partial charge on any atom is -0.497 e. The molecule has 2 N–H and O–H groups in total. The van der Waals surface area contributed by atoms with Gasteiger partial charge in [-0.3, -0.25) is 0 Å². The van der Waals surface area contributed by atoms with Crippen molar-refractivity contribution in [2.24, 2.45) is 5.73 Å². The Hall–Kier alpha value is -1.75. The molecule has 1 aromatic rings. The number of hydrogen-bond acceptors (Lipinski definition) is 5. The maximum atomic E-state index is 11.7. The molecule has 0 radical (unpaired) electrons. The lowest BCUT2D eigenvalue weighted by Gasteiger charge is -2.18. The van der Waals surface area contributed by atoms with Gasteiger partial charge in [-0.1, -0.05) is 6.92 Å². The molecule has 0 spiro atoms. The van der Waals surface area contributed by atoms with Crippen molar-refractivity contribution in [3.63, 3.8) is 0 Å². The summed E-state index contributed by atoms with van der Waals surface area (Å²) >= 11 is 0. The highest BCUT2D eigenvalue weighted by Crippen LogP contribution is 2.26. The lowest BCUT2D eigenvalue weighted by Crippen LogP contribution is -2.27. The molecule has 118 valence electrons. The number of methoxy groups -OCH3 is 1. The lowest BCUT2D eigenvalue weighted by molar-refractivity contribution is -0.150. The molecule has 1 aromatic carbocycles. The maximum absolute atomic E-state index is 11.7. The van der Waals surface area contributed by atoms with Crippen LogP contribution >= 0.6 is 0 Å². The van der Waals surface area contributed by atoms with Gasteiger partial charge in [0.1, 0.15) is 11.5 Å². The maximum Gasteiger partial charge on any atom is 0.347 e. The molecular weight excluding hydrogens is 270 g/mol. The van der Waals surface area contributed by atoms with Crippen LogP contribution in [0.15, 0.2) is 18.2 Å². The zero-order valence-corrected chi connectivity index (χ0v) is 13.2. The highest BCUT2D eigenvalue weighted by atomic mass is 16.6. The normalized spacial score (nSPS) is 13.4. The van der Waals surface area contributed by atoms with Crippen molar-refractivity contribution in [2.75, 3.05) is 13.7 Å². The van der Waals surface area contributed by atoms with Crippen LogP contribution in [0.3, 0.4) is 0 Å². The molecule has 2 atom stereocenters. The Morgan fingerprint density at radius 3 is 2.62 bits per heavy atom. The van der Waals surface area contributed by atoms with Crippen molar-refractivity contribution in [2.45, 2.75) is 45.8 Å². The number of hydrogen-bond donors (Lipinski definition) is 1. The van der Waals surface area contributed by atoms with Crippen LogP contribution in [0.1, 0.15) is 32.8 Å². The Bertz CT molecular complexity index is 462. The number of nitrogens with two attached hydrogens (primary N) is 1. The van der Waals surface area contributed by atoms with E-state index in [2.05, 4.69) is 0 Å². The highest BCUT2D eigenvalue weighted by molar-refractivity contribution is 5.74. The molecule has 0 aromatic heterocycles. The number of carbonyl (C=O) groups excluding carboxylic acids is 1. The van der Waals surface area contributed by atoms with Crippen LogP contribution in [0.4, 0.5) is 0 Å². The molecule has 0 amide bonds. The topological polar surface area (TPSA) is 70.8 Å². The fraction of sp³-hybridized carbons (Fsp3) is 0.562. The fourth-order valence-electron chi connectivity index (χ4n) is 1.88. The van der Waals surface area contributed by atoms with E-state index < -0.39 is 6.10 Å². The van der Waals surface area contributed by atoms with Gasteiger partial charge in [0, 0.05) is 6.04 Å². The van der Waals surface area contributed by atoms with Crippen LogP contribution in [-0.4, -0.2) is 31.8 Å². The van der Waals surface area contributed by atoms with Gasteiger partial charge in [0.05, 0.1) is 13.7 Å². The molecule has 5 heteroatoms. The van der Waals surface area contributed by atoms with Crippen molar-refractivity contribution in [1.29, 1.82) is 0 Å². The fourth-order valence-corrected chi connectivity index (χ4v) is 1.88. The van der Waals surface area contributed by atoms with E-state index in [9.17, 15) is 4.79 Å². The van der Waals surface area contributed by atoms with Gasteiger partial charge in [-0.15, -0.1) is 0 Å². The Balaban J connectivity index is 2.91. The van der Waals surface area contributed by atoms with E-state index in [-0.39, 0.29) is 12.0 Å². The second-order valence-electron chi connectivity index (χ2n) is 4.86. The van der Waals surface area contributed by atoms with Crippen LogP contribution in [0.5, 0.6) is 11.5 Å². The Labute approximate surface area is 126 Å². The monoisotopic (exact) mass is 295 g/mol. The van der Waals surface area contributed by atoms with Crippen LogP contribution in [0, 0.1) is 0 Å². The molecule has 0 bridgehead atoms. The van der Waals surface area contributed by atoms with Crippen molar-refractivity contribution in [1.82, 2.24) is 0 Å². The number of esters is 1. The smallest absolute Gasteiger partial charge is 0.347 e. The summed E-state index contributed by atoms with van der Waals surface area (Å²) in [5.74, 6) is 1.00. The Morgan fingerprint density at radius 2 is 2.05 bits per heavy atom. The Kier molecular flexibility index (Phi) is 7.02. The molecule has 0 aliphatic heterocycles. The molecule has 5 nitrogen and oxygen atoms in total. The lowest BCUT2D eigenvalue weighted by atomic mass is 10.0. The summed E-state index contributed by atoms with van der Waals surface area (Å²) in [6.07, 6.45) is 0.873. The van der Waals surface area contributed by atoms with Crippen LogP contribution in [0.25, 0.3) is 0 Å². The van der Waals surface area contributed by atoms with E-state index in [0.717, 1.165) is 17.7 Å². The third-order valence-electron chi connectivity index (χ3n) is 3.20. The predicted molar refractivity (Wildman–Crippen MR) is 81.7 cm³/mol. The van der Waals surface area contributed by atoms with Gasteiger partial charge in [0.25, 0.3) is 0 Å². The first-order chi connectivity index (χ1) is 10.0. The quantitative estimate of drug-likeness (QED) is 0.745. The van der Waals surface area contributed by atoms with E-state index in [1.807, 2.05) is 13.0 Å². The molecule has 1 rings (SSSR count). The Morgan fingerprint density at radius 1 is 1.33 bits per heavy atom. The average molecular weight is 295 g/mol. The van der Waals surface area contributed by atoms with Crippen molar-refractivity contribution in [3.05, 3.63) is 23.8 Å². The molecule has 0 saturated carbocycles. The van der Waals surface area contributed by atoms with Crippen LogP contribution < -0.4 is 15.2 Å². The summed E-state index contributed by atoms with van der Waals surface area (Å²) in [7, 11) is 1.61. The minimum absolute atomic E-state index is 0.0392. The first kappa shape index (κ1) is 17.3. The summed E-state index contributed by atoms with van der Waals surface area (Å²) < 4.78 is 15.9. The van der Waals surface area contributed by atoms with Crippen molar-refractivity contribution in [3.8, 4) is 11.5 Å². The first-order valence-corrected chi connectivity index (χ1v) is 7.27. The third-order valence-corrected chi connectivity index (χ3v) is 3.20. The summed E-state index contributed by atoms with van der Waals surface area (Å²) in [5.41, 5.74) is 6.95. The van der Waals surface area contributed by atoms with Crippen molar-refractivity contribution < 1.29 is 19.0 Å². The zero-order chi connectivity index (χ0) is 15.8. The van der Waals surface area contributed by atoms with Gasteiger partial charge in [-0.05, 0) is 50.5 Å². The molecule has 21 heavy (non-hydrogen) atoms. The summed E-state index contributed by atoms with van der Waals surface area (Å²) in [5, 5.41) is 0. The van der Waals surface area contributed by atoms with E-state index in [4.69, 9.17) is 19.9 Å². The summed E-state index contributed by atoms with van der Waals surface area (Å²) in [6.45, 7) is 5.81. The van der Waals surface area contributed by atoms with E-state index in [0.29, 0.717) is 18.8 Å². The van der Waals surface area contributed by atoms with Gasteiger partial charge in [-0.25, -0.2) is 4.79 Å². The largest absolute Gasteiger partial charge is 0.497 e. The highest BCUT2D eigenvalue weighted by Gasteiger charge is 2.18. The SMILES string of the molecule is CCOC(=O)C(C)Oc1ccc(OC)cc1CC(N)CC. The third kappa shape index (κ3) is 5.27. The second-order valence-corrected chi connectivity index (χ2v) is 4.86. The zero-order valence-electron chi connectivity index (χ0n) is 13.2. The van der Waals surface area contributed by atoms with Crippen LogP contribution in [0.2, 0.25) is 0 Å². The minimum atomic E-state index is -0.657. The van der Waals surface area contributed by atoms with E-state index >= 15 is 0 Å². The van der Waals surface area contributed by atoms with Gasteiger partial charge >= 0.3 is 5.97 Å². The number of ether oxygens (including phenoxy) is 3. The van der Waals surface area contributed by atoms with Crippen LogP contribution in [-0.2, 0) is 16.0 Å². The molecule has 0 saturated heterocycles. The molecule has 0 aliphatic rings. The molecule has 2 unspecified atom stereocenters. The molecule has 0 fully saturated rings. The van der Waals surface area contributed by atoms with Gasteiger partial charge in [-0.2, -0.15) is 0 Å².